The van der Waals surface area contributed by atoms with Crippen LogP contribution in [-0.4, -0.2) is 12.1 Å². The molecular weight excluding hydrogens is 240 g/mol. The molecular formula is C15H20N2O2. The normalized spacial score (nSPS) is 12.7. The Bertz CT molecular complexity index is 561. The molecule has 1 atom stereocenters. The number of oxazole rings is 1. The topological polar surface area (TPSA) is 61.3 Å². The Morgan fingerprint density at radius 3 is 2.63 bits per heavy atom. The summed E-state index contributed by atoms with van der Waals surface area (Å²) in [7, 11) is 1.66. The number of aromatic nitrogens is 1. The van der Waals surface area contributed by atoms with Crippen molar-refractivity contribution in [2.24, 2.45) is 11.7 Å². The zero-order valence-electron chi connectivity index (χ0n) is 11.8. The van der Waals surface area contributed by atoms with E-state index in [1.165, 1.54) is 0 Å². The number of methoxy groups -OCH3 is 1. The van der Waals surface area contributed by atoms with Gasteiger partial charge in [0.15, 0.2) is 5.76 Å². The second kappa shape index (κ2) is 5.45. The van der Waals surface area contributed by atoms with Gasteiger partial charge < -0.3 is 14.9 Å². The summed E-state index contributed by atoms with van der Waals surface area (Å²) in [6.45, 7) is 6.09. The van der Waals surface area contributed by atoms with Crippen molar-refractivity contribution in [3.63, 3.8) is 0 Å². The monoisotopic (exact) mass is 260 g/mol. The molecule has 0 aliphatic heterocycles. The second-order valence-electron chi connectivity index (χ2n) is 5.02. The Hall–Kier alpha value is -1.81. The lowest BCUT2D eigenvalue weighted by Crippen LogP contribution is -2.16. The maximum absolute atomic E-state index is 6.03. The minimum atomic E-state index is -0.173. The maximum Gasteiger partial charge on any atom is 0.212 e. The standard InChI is InChI=1S/C15H20N2O2/c1-9(2)14(16)15-17-8-13(19-15)11-5-6-12(18-4)10(3)7-11/h5-9,14H,16H2,1-4H3. The molecule has 1 aromatic carbocycles. The zero-order chi connectivity index (χ0) is 14.0. The molecule has 1 unspecified atom stereocenters. The Balaban J connectivity index is 2.30. The summed E-state index contributed by atoms with van der Waals surface area (Å²) >= 11 is 0. The highest BCUT2D eigenvalue weighted by atomic mass is 16.5. The molecule has 0 aliphatic rings. The summed E-state index contributed by atoms with van der Waals surface area (Å²) in [6, 6.07) is 5.73. The average molecular weight is 260 g/mol. The van der Waals surface area contributed by atoms with Crippen molar-refractivity contribution < 1.29 is 9.15 Å². The molecule has 0 saturated heterocycles. The van der Waals surface area contributed by atoms with Crippen molar-refractivity contribution in [3.8, 4) is 17.1 Å². The van der Waals surface area contributed by atoms with E-state index in [0.29, 0.717) is 11.8 Å². The van der Waals surface area contributed by atoms with E-state index in [2.05, 4.69) is 4.98 Å². The van der Waals surface area contributed by atoms with Crippen molar-refractivity contribution in [2.75, 3.05) is 7.11 Å². The van der Waals surface area contributed by atoms with Crippen molar-refractivity contribution in [1.82, 2.24) is 4.98 Å². The van der Waals surface area contributed by atoms with Gasteiger partial charge in [-0.05, 0) is 36.6 Å². The fourth-order valence-electron chi connectivity index (χ4n) is 1.89. The molecule has 0 bridgehead atoms. The molecule has 0 spiro atoms. The molecule has 4 nitrogen and oxygen atoms in total. The highest BCUT2D eigenvalue weighted by molar-refractivity contribution is 5.59. The lowest BCUT2D eigenvalue weighted by atomic mass is 10.1. The predicted octanol–water partition coefficient (Wildman–Crippen LogP) is 3.31. The number of nitrogens with zero attached hydrogens (tertiary/aromatic N) is 1. The molecule has 0 saturated carbocycles. The number of rotatable bonds is 4. The van der Waals surface area contributed by atoms with Crippen molar-refractivity contribution in [1.29, 1.82) is 0 Å². The lowest BCUT2D eigenvalue weighted by molar-refractivity contribution is 0.393. The molecule has 0 radical (unpaired) electrons. The Labute approximate surface area is 113 Å². The number of ether oxygens (including phenoxy) is 1. The summed E-state index contributed by atoms with van der Waals surface area (Å²) in [6.07, 6.45) is 1.72. The van der Waals surface area contributed by atoms with Crippen LogP contribution in [0.25, 0.3) is 11.3 Å². The molecule has 102 valence electrons. The van der Waals surface area contributed by atoms with E-state index >= 15 is 0 Å². The number of hydrogen-bond donors (Lipinski definition) is 1. The van der Waals surface area contributed by atoms with E-state index in [0.717, 1.165) is 22.6 Å². The minimum absolute atomic E-state index is 0.173. The predicted molar refractivity (Wildman–Crippen MR) is 75.0 cm³/mol. The summed E-state index contributed by atoms with van der Waals surface area (Å²) < 4.78 is 11.0. The molecule has 1 aromatic heterocycles. The maximum atomic E-state index is 6.03. The molecule has 2 N–H and O–H groups in total. The largest absolute Gasteiger partial charge is 0.496 e. The number of nitrogens with two attached hydrogens (primary N) is 1. The van der Waals surface area contributed by atoms with Crippen LogP contribution in [0.5, 0.6) is 5.75 Å². The van der Waals surface area contributed by atoms with Crippen LogP contribution in [0.4, 0.5) is 0 Å². The molecule has 4 heteroatoms. The van der Waals surface area contributed by atoms with E-state index in [9.17, 15) is 0 Å². The molecule has 19 heavy (non-hydrogen) atoms. The van der Waals surface area contributed by atoms with Gasteiger partial charge in [0.2, 0.25) is 5.89 Å². The Kier molecular flexibility index (Phi) is 3.90. The Morgan fingerprint density at radius 2 is 2.05 bits per heavy atom. The number of aryl methyl sites for hydroxylation is 1. The van der Waals surface area contributed by atoms with E-state index in [1.54, 1.807) is 13.3 Å². The van der Waals surface area contributed by atoms with Crippen LogP contribution in [-0.2, 0) is 0 Å². The van der Waals surface area contributed by atoms with Crippen LogP contribution < -0.4 is 10.5 Å². The van der Waals surface area contributed by atoms with E-state index in [4.69, 9.17) is 14.9 Å². The van der Waals surface area contributed by atoms with E-state index in [-0.39, 0.29) is 6.04 Å². The van der Waals surface area contributed by atoms with Crippen LogP contribution in [0, 0.1) is 12.8 Å². The first-order chi connectivity index (χ1) is 9.02. The molecule has 0 aliphatic carbocycles. The van der Waals surface area contributed by atoms with Gasteiger partial charge in [-0.25, -0.2) is 4.98 Å². The van der Waals surface area contributed by atoms with Gasteiger partial charge in [0.05, 0.1) is 19.3 Å². The van der Waals surface area contributed by atoms with Crippen molar-refractivity contribution in [3.05, 3.63) is 35.9 Å². The summed E-state index contributed by atoms with van der Waals surface area (Å²) in [5.41, 5.74) is 8.07. The first-order valence-electron chi connectivity index (χ1n) is 6.39. The van der Waals surface area contributed by atoms with Gasteiger partial charge in [0.1, 0.15) is 5.75 Å². The quantitative estimate of drug-likeness (QED) is 0.916. The summed E-state index contributed by atoms with van der Waals surface area (Å²) in [5, 5.41) is 0. The van der Waals surface area contributed by atoms with Crippen LogP contribution in [0.1, 0.15) is 31.3 Å². The summed E-state index contributed by atoms with van der Waals surface area (Å²) in [4.78, 5) is 4.26. The molecule has 1 heterocycles. The first-order valence-corrected chi connectivity index (χ1v) is 6.39. The van der Waals surface area contributed by atoms with Crippen LogP contribution in [0.3, 0.4) is 0 Å². The number of hydrogen-bond acceptors (Lipinski definition) is 4. The van der Waals surface area contributed by atoms with Gasteiger partial charge in [0, 0.05) is 5.56 Å². The third-order valence-electron chi connectivity index (χ3n) is 3.21. The van der Waals surface area contributed by atoms with E-state index in [1.807, 2.05) is 39.0 Å². The average Bonchev–Trinajstić information content (AvgIpc) is 2.87. The minimum Gasteiger partial charge on any atom is -0.496 e. The summed E-state index contributed by atoms with van der Waals surface area (Å²) in [5.74, 6) is 2.47. The second-order valence-corrected chi connectivity index (χ2v) is 5.02. The highest BCUT2D eigenvalue weighted by Gasteiger charge is 2.17. The van der Waals surface area contributed by atoms with Crippen LogP contribution in [0.15, 0.2) is 28.8 Å². The first kappa shape index (κ1) is 13.6. The lowest BCUT2D eigenvalue weighted by Gasteiger charge is -2.10. The van der Waals surface area contributed by atoms with Crippen molar-refractivity contribution >= 4 is 0 Å². The molecule has 2 aromatic rings. The number of benzene rings is 1. The fourth-order valence-corrected chi connectivity index (χ4v) is 1.89. The van der Waals surface area contributed by atoms with Crippen LogP contribution >= 0.6 is 0 Å². The third kappa shape index (κ3) is 2.79. The van der Waals surface area contributed by atoms with Gasteiger partial charge in [-0.15, -0.1) is 0 Å². The van der Waals surface area contributed by atoms with E-state index < -0.39 is 0 Å². The molecule has 0 fully saturated rings. The van der Waals surface area contributed by atoms with Gasteiger partial charge in [-0.1, -0.05) is 13.8 Å². The van der Waals surface area contributed by atoms with Gasteiger partial charge in [-0.2, -0.15) is 0 Å². The van der Waals surface area contributed by atoms with Gasteiger partial charge >= 0.3 is 0 Å². The third-order valence-corrected chi connectivity index (χ3v) is 3.21. The smallest absolute Gasteiger partial charge is 0.212 e. The highest BCUT2D eigenvalue weighted by Crippen LogP contribution is 2.28. The molecule has 2 rings (SSSR count). The van der Waals surface area contributed by atoms with Gasteiger partial charge in [-0.3, -0.25) is 0 Å². The SMILES string of the molecule is COc1ccc(-c2cnc(C(N)C(C)C)o2)cc1C. The molecule has 0 amide bonds. The zero-order valence-corrected chi connectivity index (χ0v) is 11.8. The van der Waals surface area contributed by atoms with Crippen molar-refractivity contribution in [2.45, 2.75) is 26.8 Å². The van der Waals surface area contributed by atoms with Gasteiger partial charge in [0.25, 0.3) is 0 Å². The Morgan fingerprint density at radius 1 is 1.32 bits per heavy atom. The van der Waals surface area contributed by atoms with Crippen LogP contribution in [0.2, 0.25) is 0 Å². The fraction of sp³-hybridized carbons (Fsp3) is 0.400.